The van der Waals surface area contributed by atoms with Crippen LogP contribution in [-0.2, 0) is 22.6 Å². The van der Waals surface area contributed by atoms with Gasteiger partial charge in [0.05, 0.1) is 6.04 Å². The molecule has 0 aliphatic rings. The molecule has 3 aromatic carbocycles. The van der Waals surface area contributed by atoms with Crippen LogP contribution in [0.5, 0.6) is 0 Å². The minimum atomic E-state index is -0.697. The number of amides is 1. The molecule has 0 aliphatic carbocycles. The Bertz CT molecular complexity index is 1320. The van der Waals surface area contributed by atoms with Gasteiger partial charge in [0.2, 0.25) is 11.8 Å². The zero-order valence-electron chi connectivity index (χ0n) is 20.6. The minimum absolute atomic E-state index is 0.0447. The van der Waals surface area contributed by atoms with Crippen LogP contribution in [-0.4, -0.2) is 29.4 Å². The van der Waals surface area contributed by atoms with Gasteiger partial charge in [0.1, 0.15) is 18.9 Å². The number of hydrogen-bond acceptors (Lipinski definition) is 7. The molecule has 0 saturated carbocycles. The van der Waals surface area contributed by atoms with E-state index in [1.807, 2.05) is 42.5 Å². The molecule has 4 aromatic rings. The van der Waals surface area contributed by atoms with Crippen molar-refractivity contribution in [1.29, 1.82) is 0 Å². The normalized spacial score (nSPS) is 12.7. The number of hydrogen-bond donors (Lipinski definition) is 3. The van der Waals surface area contributed by atoms with E-state index in [4.69, 9.17) is 20.6 Å². The zero-order chi connectivity index (χ0) is 26.0. The SMILES string of the molecule is NCCC[C@@H](N)C(=O)N[C@H](CCc1ccc2ccccc2c1)c1nc(C(=O)OCc2ccccc2)co1. The van der Waals surface area contributed by atoms with E-state index in [-0.39, 0.29) is 24.1 Å². The van der Waals surface area contributed by atoms with Crippen molar-refractivity contribution in [3.63, 3.8) is 0 Å². The summed E-state index contributed by atoms with van der Waals surface area (Å²) in [7, 11) is 0. The van der Waals surface area contributed by atoms with Gasteiger partial charge in [-0.25, -0.2) is 9.78 Å². The Kier molecular flexibility index (Phi) is 9.02. The zero-order valence-corrected chi connectivity index (χ0v) is 20.6. The number of nitrogens with two attached hydrogens (primary N) is 2. The quantitative estimate of drug-likeness (QED) is 0.250. The number of oxazole rings is 1. The van der Waals surface area contributed by atoms with Crippen molar-refractivity contribution in [1.82, 2.24) is 10.3 Å². The van der Waals surface area contributed by atoms with Gasteiger partial charge in [0.25, 0.3) is 0 Å². The maximum Gasteiger partial charge on any atom is 0.360 e. The topological polar surface area (TPSA) is 133 Å². The first-order valence-electron chi connectivity index (χ1n) is 12.4. The second kappa shape index (κ2) is 12.8. The third-order valence-corrected chi connectivity index (χ3v) is 6.15. The maximum atomic E-state index is 12.8. The lowest BCUT2D eigenvalue weighted by Crippen LogP contribution is -2.42. The van der Waals surface area contributed by atoms with Crippen molar-refractivity contribution in [3.05, 3.63) is 102 Å². The van der Waals surface area contributed by atoms with Crippen LogP contribution in [0.2, 0.25) is 0 Å². The predicted octanol–water partition coefficient (Wildman–Crippen LogP) is 4.04. The highest BCUT2D eigenvalue weighted by atomic mass is 16.5. The van der Waals surface area contributed by atoms with Crippen LogP contribution in [0.25, 0.3) is 10.8 Å². The number of fused-ring (bicyclic) bond motifs is 1. The third kappa shape index (κ3) is 7.25. The Labute approximate surface area is 216 Å². The molecular formula is C29H32N4O4. The fraction of sp³-hybridized carbons (Fsp3) is 0.276. The van der Waals surface area contributed by atoms with Gasteiger partial charge in [-0.15, -0.1) is 0 Å². The van der Waals surface area contributed by atoms with Crippen LogP contribution in [0.3, 0.4) is 0 Å². The lowest BCUT2D eigenvalue weighted by Gasteiger charge is -2.19. The van der Waals surface area contributed by atoms with Crippen molar-refractivity contribution in [2.75, 3.05) is 6.54 Å². The molecule has 0 unspecified atom stereocenters. The lowest BCUT2D eigenvalue weighted by molar-refractivity contribution is -0.123. The van der Waals surface area contributed by atoms with Gasteiger partial charge in [-0.05, 0) is 54.1 Å². The van der Waals surface area contributed by atoms with E-state index in [0.717, 1.165) is 21.9 Å². The highest BCUT2D eigenvalue weighted by molar-refractivity contribution is 5.87. The summed E-state index contributed by atoms with van der Waals surface area (Å²) in [4.78, 5) is 29.7. The number of benzene rings is 3. The molecule has 0 saturated heterocycles. The number of carbonyl (C=O) groups excluding carboxylic acids is 2. The molecule has 1 aromatic heterocycles. The van der Waals surface area contributed by atoms with Crippen molar-refractivity contribution in [3.8, 4) is 0 Å². The number of aryl methyl sites for hydroxylation is 1. The summed E-state index contributed by atoms with van der Waals surface area (Å²) in [5, 5.41) is 5.25. The first kappa shape index (κ1) is 26.1. The number of esters is 1. The second-order valence-corrected chi connectivity index (χ2v) is 8.95. The summed E-state index contributed by atoms with van der Waals surface area (Å²) in [5.74, 6) is -0.687. The summed E-state index contributed by atoms with van der Waals surface area (Å²) in [6.45, 7) is 0.584. The summed E-state index contributed by atoms with van der Waals surface area (Å²) in [6.07, 6.45) is 3.54. The number of nitrogens with one attached hydrogen (secondary N) is 1. The molecular weight excluding hydrogens is 468 g/mol. The van der Waals surface area contributed by atoms with Crippen LogP contribution in [0.15, 0.2) is 83.5 Å². The molecule has 5 N–H and O–H groups in total. The smallest absolute Gasteiger partial charge is 0.360 e. The van der Waals surface area contributed by atoms with Crippen molar-refractivity contribution in [2.45, 2.75) is 44.4 Å². The van der Waals surface area contributed by atoms with E-state index >= 15 is 0 Å². The largest absolute Gasteiger partial charge is 0.456 e. The van der Waals surface area contributed by atoms with E-state index in [1.165, 1.54) is 6.26 Å². The fourth-order valence-corrected chi connectivity index (χ4v) is 4.05. The third-order valence-electron chi connectivity index (χ3n) is 6.15. The number of carbonyl (C=O) groups is 2. The molecule has 8 heteroatoms. The summed E-state index contributed by atoms with van der Waals surface area (Å²) in [5.41, 5.74) is 13.6. The molecule has 0 spiro atoms. The first-order chi connectivity index (χ1) is 18.0. The highest BCUT2D eigenvalue weighted by Gasteiger charge is 2.25. The number of aromatic nitrogens is 1. The number of nitrogens with zero attached hydrogens (tertiary/aromatic N) is 1. The summed E-state index contributed by atoms with van der Waals surface area (Å²) >= 11 is 0. The van der Waals surface area contributed by atoms with Crippen LogP contribution < -0.4 is 16.8 Å². The molecule has 0 aliphatic heterocycles. The number of rotatable bonds is 12. The van der Waals surface area contributed by atoms with E-state index in [1.54, 1.807) is 0 Å². The fourth-order valence-electron chi connectivity index (χ4n) is 4.05. The Balaban J connectivity index is 1.46. The average Bonchev–Trinajstić information content (AvgIpc) is 3.43. The average molecular weight is 501 g/mol. The van der Waals surface area contributed by atoms with E-state index in [2.05, 4.69) is 40.6 Å². The van der Waals surface area contributed by atoms with Crippen molar-refractivity contribution in [2.24, 2.45) is 11.5 Å². The Morgan fingerprint density at radius 3 is 2.49 bits per heavy atom. The monoisotopic (exact) mass is 500 g/mol. The first-order valence-corrected chi connectivity index (χ1v) is 12.4. The predicted molar refractivity (Wildman–Crippen MR) is 141 cm³/mol. The van der Waals surface area contributed by atoms with Crippen LogP contribution in [0, 0.1) is 0 Å². The Morgan fingerprint density at radius 1 is 0.946 bits per heavy atom. The van der Waals surface area contributed by atoms with E-state index in [0.29, 0.717) is 32.2 Å². The molecule has 4 rings (SSSR count). The van der Waals surface area contributed by atoms with Gasteiger partial charge < -0.3 is 25.9 Å². The highest BCUT2D eigenvalue weighted by Crippen LogP contribution is 2.22. The summed E-state index contributed by atoms with van der Waals surface area (Å²) in [6, 6.07) is 22.5. The van der Waals surface area contributed by atoms with Gasteiger partial charge in [-0.3, -0.25) is 4.79 Å². The van der Waals surface area contributed by atoms with Gasteiger partial charge in [-0.1, -0.05) is 72.8 Å². The summed E-state index contributed by atoms with van der Waals surface area (Å²) < 4.78 is 11.0. The van der Waals surface area contributed by atoms with Crippen molar-refractivity contribution < 1.29 is 18.7 Å². The molecule has 192 valence electrons. The molecule has 0 bridgehead atoms. The van der Waals surface area contributed by atoms with Crippen molar-refractivity contribution >= 4 is 22.6 Å². The second-order valence-electron chi connectivity index (χ2n) is 8.95. The molecule has 2 atom stereocenters. The van der Waals surface area contributed by atoms with Gasteiger partial charge in [-0.2, -0.15) is 0 Å². The van der Waals surface area contributed by atoms with E-state index in [9.17, 15) is 9.59 Å². The van der Waals surface area contributed by atoms with Crippen LogP contribution in [0.1, 0.15) is 52.8 Å². The molecule has 1 heterocycles. The molecule has 37 heavy (non-hydrogen) atoms. The molecule has 0 fully saturated rings. The van der Waals surface area contributed by atoms with Crippen LogP contribution in [0.4, 0.5) is 0 Å². The maximum absolute atomic E-state index is 12.8. The number of ether oxygens (including phenoxy) is 1. The minimum Gasteiger partial charge on any atom is -0.456 e. The standard InChI is InChI=1S/C29H32N4O4/c30-16-6-11-24(31)27(34)32-25(15-13-20-12-14-22-9-4-5-10-23(22)17-20)28-33-26(19-36-28)29(35)37-18-21-7-2-1-3-8-21/h1-5,7-10,12,14,17,19,24-25H,6,11,13,15-16,18,30-31H2,(H,32,34)/t24-,25-/m1/s1. The van der Waals surface area contributed by atoms with E-state index < -0.39 is 18.1 Å². The molecule has 1 amide bonds. The van der Waals surface area contributed by atoms with Gasteiger partial charge in [0.15, 0.2) is 5.69 Å². The van der Waals surface area contributed by atoms with Crippen LogP contribution >= 0.6 is 0 Å². The Morgan fingerprint density at radius 2 is 1.70 bits per heavy atom. The van der Waals surface area contributed by atoms with Gasteiger partial charge in [0, 0.05) is 0 Å². The lowest BCUT2D eigenvalue weighted by atomic mass is 10.0. The van der Waals surface area contributed by atoms with Gasteiger partial charge >= 0.3 is 5.97 Å². The Hall–Kier alpha value is -4.01. The molecule has 8 nitrogen and oxygen atoms in total. The molecule has 0 radical (unpaired) electrons.